The first-order valence-corrected chi connectivity index (χ1v) is 5.22. The summed E-state index contributed by atoms with van der Waals surface area (Å²) in [5.41, 5.74) is 5.51. The van der Waals surface area contributed by atoms with E-state index < -0.39 is 5.56 Å². The maximum Gasteiger partial charge on any atom is 0.264 e. The number of H-pyrrole nitrogens is 1. The molecule has 0 aliphatic rings. The van der Waals surface area contributed by atoms with Crippen LogP contribution in [0.4, 0.5) is 5.95 Å². The predicted molar refractivity (Wildman–Crippen MR) is 64.1 cm³/mol. The van der Waals surface area contributed by atoms with E-state index in [1.807, 2.05) is 6.07 Å². The van der Waals surface area contributed by atoms with Crippen molar-refractivity contribution in [1.82, 2.24) is 9.97 Å². The second kappa shape index (κ2) is 3.97. The molecule has 2 aromatic rings. The molecule has 0 radical (unpaired) electrons. The lowest BCUT2D eigenvalue weighted by molar-refractivity contribution is 0.454. The summed E-state index contributed by atoms with van der Waals surface area (Å²) in [5, 5.41) is 9.59. The third-order valence-electron chi connectivity index (χ3n) is 2.03. The zero-order valence-corrected chi connectivity index (χ0v) is 9.65. The average molecular weight is 282 g/mol. The molecule has 0 unspecified atom stereocenters. The van der Waals surface area contributed by atoms with Crippen LogP contribution >= 0.6 is 15.9 Å². The number of nitrogens with one attached hydrogen (secondary N) is 1. The molecule has 4 N–H and O–H groups in total. The molecular formula is C10H8BrN3O2. The molecule has 0 bridgehead atoms. The number of hydrogen-bond acceptors (Lipinski definition) is 4. The number of anilines is 1. The molecule has 1 heterocycles. The van der Waals surface area contributed by atoms with Gasteiger partial charge in [-0.15, -0.1) is 0 Å². The number of aromatic hydroxyl groups is 1. The van der Waals surface area contributed by atoms with Gasteiger partial charge in [-0.2, -0.15) is 4.98 Å². The molecule has 1 aromatic heterocycles. The molecule has 0 aliphatic heterocycles. The minimum Gasteiger partial charge on any atom is -0.493 e. The van der Waals surface area contributed by atoms with Gasteiger partial charge in [0.15, 0.2) is 0 Å². The Hall–Kier alpha value is -1.82. The van der Waals surface area contributed by atoms with Gasteiger partial charge in [-0.3, -0.25) is 9.78 Å². The molecule has 1 aromatic carbocycles. The van der Waals surface area contributed by atoms with Crippen LogP contribution in [0.2, 0.25) is 0 Å². The Kier molecular flexibility index (Phi) is 2.66. The zero-order valence-electron chi connectivity index (χ0n) is 8.07. The van der Waals surface area contributed by atoms with Gasteiger partial charge >= 0.3 is 0 Å². The van der Waals surface area contributed by atoms with Gasteiger partial charge in [0, 0.05) is 4.47 Å². The molecular weight excluding hydrogens is 274 g/mol. The topological polar surface area (TPSA) is 92.0 Å². The number of nitrogen functional groups attached to an aromatic ring is 1. The fourth-order valence-electron chi connectivity index (χ4n) is 1.38. The predicted octanol–water partition coefficient (Wildman–Crippen LogP) is 1.49. The minimum atomic E-state index is -0.469. The van der Waals surface area contributed by atoms with E-state index in [1.165, 1.54) is 0 Å². The fraction of sp³-hybridized carbons (Fsp3) is 0. The van der Waals surface area contributed by atoms with Gasteiger partial charge in [0.1, 0.15) is 5.56 Å². The first-order valence-electron chi connectivity index (χ1n) is 4.42. The van der Waals surface area contributed by atoms with Gasteiger partial charge in [-0.25, -0.2) is 0 Å². The number of benzene rings is 1. The van der Waals surface area contributed by atoms with Gasteiger partial charge in [0.05, 0.1) is 0 Å². The third-order valence-corrected chi connectivity index (χ3v) is 2.53. The largest absolute Gasteiger partial charge is 0.493 e. The Bertz CT molecular complexity index is 595. The van der Waals surface area contributed by atoms with Crippen LogP contribution in [0.1, 0.15) is 0 Å². The molecule has 16 heavy (non-hydrogen) atoms. The van der Waals surface area contributed by atoms with Crippen molar-refractivity contribution in [3.63, 3.8) is 0 Å². The van der Waals surface area contributed by atoms with Crippen LogP contribution in [-0.2, 0) is 0 Å². The van der Waals surface area contributed by atoms with Gasteiger partial charge in [-0.05, 0) is 17.7 Å². The molecule has 5 nitrogen and oxygen atoms in total. The Morgan fingerprint density at radius 2 is 2.19 bits per heavy atom. The molecule has 0 saturated heterocycles. The highest BCUT2D eigenvalue weighted by Gasteiger charge is 2.11. The van der Waals surface area contributed by atoms with Crippen molar-refractivity contribution >= 4 is 21.9 Å². The Morgan fingerprint density at radius 3 is 2.81 bits per heavy atom. The minimum absolute atomic E-state index is 0.107. The van der Waals surface area contributed by atoms with Gasteiger partial charge in [0.2, 0.25) is 11.8 Å². The number of aromatic amines is 1. The third kappa shape index (κ3) is 1.92. The fourth-order valence-corrected chi connectivity index (χ4v) is 1.78. The molecule has 0 aliphatic carbocycles. The summed E-state index contributed by atoms with van der Waals surface area (Å²) >= 11 is 3.28. The molecule has 0 saturated carbocycles. The molecule has 6 heteroatoms. The molecule has 0 atom stereocenters. The van der Waals surface area contributed by atoms with E-state index in [9.17, 15) is 9.90 Å². The van der Waals surface area contributed by atoms with E-state index in [4.69, 9.17) is 5.73 Å². The number of rotatable bonds is 1. The lowest BCUT2D eigenvalue weighted by Crippen LogP contribution is -2.13. The van der Waals surface area contributed by atoms with Crippen molar-refractivity contribution in [3.8, 4) is 17.0 Å². The van der Waals surface area contributed by atoms with Crippen LogP contribution in [-0.4, -0.2) is 15.1 Å². The first-order chi connectivity index (χ1) is 7.58. The molecule has 0 amide bonds. The summed E-state index contributed by atoms with van der Waals surface area (Å²) in [7, 11) is 0. The number of nitrogens with two attached hydrogens (primary N) is 1. The van der Waals surface area contributed by atoms with Gasteiger partial charge in [-0.1, -0.05) is 28.1 Å². The summed E-state index contributed by atoms with van der Waals surface area (Å²) in [6.07, 6.45) is 0. The standard InChI is InChI=1S/C10H8BrN3O2/c11-6-3-1-2-5(4-6)7-8(15)13-10(12)14-9(7)16/h1-4H,(H4,12,13,14,15,16). The number of hydrogen-bond donors (Lipinski definition) is 3. The summed E-state index contributed by atoms with van der Waals surface area (Å²) in [6.45, 7) is 0. The zero-order chi connectivity index (χ0) is 11.7. The summed E-state index contributed by atoms with van der Waals surface area (Å²) in [6, 6.07) is 6.99. The second-order valence-corrected chi connectivity index (χ2v) is 4.08. The van der Waals surface area contributed by atoms with E-state index in [0.717, 1.165) is 4.47 Å². The van der Waals surface area contributed by atoms with Crippen LogP contribution in [0.15, 0.2) is 33.5 Å². The van der Waals surface area contributed by atoms with Crippen molar-refractivity contribution in [3.05, 3.63) is 39.1 Å². The van der Waals surface area contributed by atoms with Crippen molar-refractivity contribution in [2.24, 2.45) is 0 Å². The van der Waals surface area contributed by atoms with Crippen LogP contribution in [0.3, 0.4) is 0 Å². The number of halogens is 1. The van der Waals surface area contributed by atoms with Gasteiger partial charge < -0.3 is 10.8 Å². The monoisotopic (exact) mass is 281 g/mol. The second-order valence-electron chi connectivity index (χ2n) is 3.16. The van der Waals surface area contributed by atoms with Crippen LogP contribution in [0, 0.1) is 0 Å². The van der Waals surface area contributed by atoms with Gasteiger partial charge in [0.25, 0.3) is 5.56 Å². The molecule has 0 spiro atoms. The molecule has 2 rings (SSSR count). The van der Waals surface area contributed by atoms with Crippen LogP contribution < -0.4 is 11.3 Å². The van der Waals surface area contributed by atoms with Crippen LogP contribution in [0.5, 0.6) is 5.88 Å². The first kappa shape index (κ1) is 10.7. The maximum absolute atomic E-state index is 11.6. The van der Waals surface area contributed by atoms with E-state index >= 15 is 0 Å². The molecule has 0 fully saturated rings. The summed E-state index contributed by atoms with van der Waals surface area (Å²) in [5.74, 6) is -0.486. The van der Waals surface area contributed by atoms with E-state index in [1.54, 1.807) is 18.2 Å². The van der Waals surface area contributed by atoms with E-state index in [-0.39, 0.29) is 17.4 Å². The number of aromatic nitrogens is 2. The van der Waals surface area contributed by atoms with Crippen molar-refractivity contribution in [2.75, 3.05) is 5.73 Å². The van der Waals surface area contributed by atoms with Crippen LogP contribution in [0.25, 0.3) is 11.1 Å². The lowest BCUT2D eigenvalue weighted by Gasteiger charge is -2.03. The Morgan fingerprint density at radius 1 is 1.44 bits per heavy atom. The Labute approximate surface area is 99.1 Å². The molecule has 82 valence electrons. The quantitative estimate of drug-likeness (QED) is 0.738. The normalized spacial score (nSPS) is 10.3. The highest BCUT2D eigenvalue weighted by atomic mass is 79.9. The smallest absolute Gasteiger partial charge is 0.264 e. The van der Waals surface area contributed by atoms with Crippen molar-refractivity contribution in [1.29, 1.82) is 0 Å². The average Bonchev–Trinajstić information content (AvgIpc) is 2.15. The Balaban J connectivity index is 2.70. The maximum atomic E-state index is 11.6. The highest BCUT2D eigenvalue weighted by molar-refractivity contribution is 9.10. The van der Waals surface area contributed by atoms with Crippen molar-refractivity contribution in [2.45, 2.75) is 0 Å². The number of nitrogens with zero attached hydrogens (tertiary/aromatic N) is 1. The van der Waals surface area contributed by atoms with E-state index in [0.29, 0.717) is 5.56 Å². The summed E-state index contributed by atoms with van der Waals surface area (Å²) < 4.78 is 0.806. The SMILES string of the molecule is Nc1nc(O)c(-c2cccc(Br)c2)c(=O)[nH]1. The lowest BCUT2D eigenvalue weighted by atomic mass is 10.1. The highest BCUT2D eigenvalue weighted by Crippen LogP contribution is 2.25. The van der Waals surface area contributed by atoms with E-state index in [2.05, 4.69) is 25.9 Å². The van der Waals surface area contributed by atoms with Crippen molar-refractivity contribution < 1.29 is 5.11 Å². The summed E-state index contributed by atoms with van der Waals surface area (Å²) in [4.78, 5) is 17.6.